The van der Waals surface area contributed by atoms with Crippen molar-refractivity contribution in [3.63, 3.8) is 0 Å². The molecule has 0 spiro atoms. The number of fused-ring (bicyclic) bond motifs is 1. The number of nitrogens with zero attached hydrogens (tertiary/aromatic N) is 2. The summed E-state index contributed by atoms with van der Waals surface area (Å²) in [7, 11) is 0. The van der Waals surface area contributed by atoms with Gasteiger partial charge in [-0.3, -0.25) is 4.57 Å². The molecule has 0 radical (unpaired) electrons. The van der Waals surface area contributed by atoms with Crippen molar-refractivity contribution in [3.05, 3.63) is 78.4 Å². The summed E-state index contributed by atoms with van der Waals surface area (Å²) in [5.74, 6) is 1.64. The Labute approximate surface area is 193 Å². The summed E-state index contributed by atoms with van der Waals surface area (Å²) in [5, 5.41) is 13.0. The van der Waals surface area contributed by atoms with E-state index in [0.29, 0.717) is 13.2 Å². The number of hydrogen-bond donors (Lipinski definition) is 2. The van der Waals surface area contributed by atoms with Crippen LogP contribution in [0.2, 0.25) is 0 Å². The zero-order chi connectivity index (χ0) is 22.6. The van der Waals surface area contributed by atoms with Crippen molar-refractivity contribution in [2.75, 3.05) is 18.5 Å². The molecule has 6 heteroatoms. The van der Waals surface area contributed by atoms with Gasteiger partial charge in [-0.1, -0.05) is 54.6 Å². The highest BCUT2D eigenvalue weighted by Crippen LogP contribution is 2.35. The molecule has 3 aromatic carbocycles. The number of benzene rings is 3. The number of aliphatic hydroxyl groups excluding tert-OH is 1. The van der Waals surface area contributed by atoms with Gasteiger partial charge >= 0.3 is 0 Å². The number of aromatic nitrogens is 2. The van der Waals surface area contributed by atoms with E-state index in [2.05, 4.69) is 46.3 Å². The maximum absolute atomic E-state index is 9.51. The van der Waals surface area contributed by atoms with E-state index in [1.54, 1.807) is 0 Å². The van der Waals surface area contributed by atoms with Gasteiger partial charge in [0.1, 0.15) is 12.0 Å². The van der Waals surface area contributed by atoms with Crippen LogP contribution in [0.4, 0.5) is 5.95 Å². The van der Waals surface area contributed by atoms with Gasteiger partial charge in [0.25, 0.3) is 0 Å². The topological polar surface area (TPSA) is 68.5 Å². The van der Waals surface area contributed by atoms with Gasteiger partial charge in [0.15, 0.2) is 0 Å². The molecule has 5 rings (SSSR count). The smallest absolute Gasteiger partial charge is 0.206 e. The quantitative estimate of drug-likeness (QED) is 0.382. The number of nitrogens with one attached hydrogen (secondary N) is 1. The molecule has 0 unspecified atom stereocenters. The van der Waals surface area contributed by atoms with E-state index in [-0.39, 0.29) is 18.9 Å². The molecule has 0 aliphatic carbocycles. The third-order valence-corrected chi connectivity index (χ3v) is 6.05. The Bertz CT molecular complexity index is 1220. The number of aliphatic hydroxyl groups is 1. The first-order valence-corrected chi connectivity index (χ1v) is 11.5. The first kappa shape index (κ1) is 21.5. The molecule has 0 saturated carbocycles. The lowest BCUT2D eigenvalue weighted by molar-refractivity contribution is -0.0195. The lowest BCUT2D eigenvalue weighted by atomic mass is 10.0. The Morgan fingerprint density at radius 3 is 2.67 bits per heavy atom. The fourth-order valence-electron chi connectivity index (χ4n) is 4.46. The van der Waals surface area contributed by atoms with E-state index in [1.807, 2.05) is 43.3 Å². The minimum atomic E-state index is -0.142. The number of anilines is 1. The van der Waals surface area contributed by atoms with Crippen LogP contribution in [0.1, 0.15) is 31.6 Å². The molecule has 2 N–H and O–H groups in total. The summed E-state index contributed by atoms with van der Waals surface area (Å²) in [6.07, 6.45) is 1.42. The highest BCUT2D eigenvalue weighted by Gasteiger charge is 2.29. The summed E-state index contributed by atoms with van der Waals surface area (Å²) in [5.41, 5.74) is 5.28. The maximum atomic E-state index is 9.51. The van der Waals surface area contributed by atoms with Gasteiger partial charge in [-0.15, -0.1) is 0 Å². The second-order valence-electron chi connectivity index (χ2n) is 8.25. The Morgan fingerprint density at radius 1 is 1.06 bits per heavy atom. The zero-order valence-corrected chi connectivity index (χ0v) is 18.8. The first-order chi connectivity index (χ1) is 16.3. The Balaban J connectivity index is 1.42. The molecule has 170 valence electrons. The van der Waals surface area contributed by atoms with Crippen molar-refractivity contribution in [3.8, 4) is 16.9 Å². The van der Waals surface area contributed by atoms with Crippen LogP contribution >= 0.6 is 0 Å². The largest absolute Gasteiger partial charge is 0.493 e. The lowest BCUT2D eigenvalue weighted by Crippen LogP contribution is -2.16. The van der Waals surface area contributed by atoms with Crippen LogP contribution in [-0.2, 0) is 11.3 Å². The summed E-state index contributed by atoms with van der Waals surface area (Å²) in [6.45, 7) is 3.26. The predicted molar refractivity (Wildman–Crippen MR) is 130 cm³/mol. The zero-order valence-electron chi connectivity index (χ0n) is 18.8. The lowest BCUT2D eigenvalue weighted by Gasteiger charge is -2.18. The van der Waals surface area contributed by atoms with Crippen LogP contribution in [0.5, 0.6) is 5.75 Å². The van der Waals surface area contributed by atoms with Crippen molar-refractivity contribution in [2.24, 2.45) is 0 Å². The second-order valence-corrected chi connectivity index (χ2v) is 8.25. The molecule has 1 aromatic heterocycles. The van der Waals surface area contributed by atoms with Crippen molar-refractivity contribution in [1.29, 1.82) is 0 Å². The monoisotopic (exact) mass is 443 g/mol. The molecule has 0 amide bonds. The molecule has 33 heavy (non-hydrogen) atoms. The summed E-state index contributed by atoms with van der Waals surface area (Å²) in [4.78, 5) is 4.83. The number of hydrogen-bond acceptors (Lipinski definition) is 5. The molecule has 2 atom stereocenters. The Hall–Kier alpha value is -3.35. The van der Waals surface area contributed by atoms with Crippen molar-refractivity contribution in [1.82, 2.24) is 9.55 Å². The second kappa shape index (κ2) is 9.65. The standard InChI is InChI=1S/C27H29N3O3/c1-2-32-25-16-19(12-14-22(25)20-8-4-3-5-9-20)17-28-27-29-23-10-6-7-11-24(23)30(27)26-15-13-21(18-31)33-26/h3-12,14,16,21,26,31H,2,13,15,17-18H2,1H3,(H,28,29)/t21-,26+/m0/s1. The first-order valence-electron chi connectivity index (χ1n) is 11.5. The number of rotatable bonds is 8. The molecule has 2 heterocycles. The fourth-order valence-corrected chi connectivity index (χ4v) is 4.46. The molecule has 1 fully saturated rings. The molecule has 6 nitrogen and oxygen atoms in total. The molecule has 1 aliphatic heterocycles. The van der Waals surface area contributed by atoms with Crippen molar-refractivity contribution in [2.45, 2.75) is 38.6 Å². The third-order valence-electron chi connectivity index (χ3n) is 6.05. The highest BCUT2D eigenvalue weighted by molar-refractivity contribution is 5.79. The summed E-state index contributed by atoms with van der Waals surface area (Å²) >= 11 is 0. The average molecular weight is 444 g/mol. The van der Waals surface area contributed by atoms with Crippen LogP contribution in [0.15, 0.2) is 72.8 Å². The molecule has 0 bridgehead atoms. The highest BCUT2D eigenvalue weighted by atomic mass is 16.5. The molecular weight excluding hydrogens is 414 g/mol. The van der Waals surface area contributed by atoms with Gasteiger partial charge in [-0.2, -0.15) is 0 Å². The van der Waals surface area contributed by atoms with Gasteiger partial charge in [0, 0.05) is 12.1 Å². The van der Waals surface area contributed by atoms with Crippen molar-refractivity contribution >= 4 is 17.0 Å². The summed E-state index contributed by atoms with van der Waals surface area (Å²) in [6, 6.07) is 24.7. The normalized spacial score (nSPS) is 18.0. The minimum absolute atomic E-state index is 0.0415. The Morgan fingerprint density at radius 2 is 1.88 bits per heavy atom. The van der Waals surface area contributed by atoms with Crippen molar-refractivity contribution < 1.29 is 14.6 Å². The molecule has 1 saturated heterocycles. The molecular formula is C27H29N3O3. The van der Waals surface area contributed by atoms with E-state index in [1.165, 1.54) is 0 Å². The minimum Gasteiger partial charge on any atom is -0.493 e. The SMILES string of the molecule is CCOc1cc(CNc2nc3ccccc3n2[C@H]2CC[C@@H](CO)O2)ccc1-c1ccccc1. The Kier molecular flexibility index (Phi) is 6.28. The average Bonchev–Trinajstić information content (AvgIpc) is 3.47. The van der Waals surface area contributed by atoms with Crippen LogP contribution in [-0.4, -0.2) is 34.0 Å². The van der Waals surface area contributed by atoms with Gasteiger partial charge in [0.05, 0.1) is 30.4 Å². The van der Waals surface area contributed by atoms with Gasteiger partial charge in [0.2, 0.25) is 5.95 Å². The third kappa shape index (κ3) is 4.45. The van der Waals surface area contributed by atoms with Gasteiger partial charge in [-0.25, -0.2) is 4.98 Å². The predicted octanol–water partition coefficient (Wildman–Crippen LogP) is 5.38. The molecule has 4 aromatic rings. The van der Waals surface area contributed by atoms with E-state index in [9.17, 15) is 5.11 Å². The van der Waals surface area contributed by atoms with E-state index in [0.717, 1.165) is 52.3 Å². The van der Waals surface area contributed by atoms with Gasteiger partial charge < -0.3 is 19.9 Å². The van der Waals surface area contributed by atoms with Crippen LogP contribution in [0.3, 0.4) is 0 Å². The number of imidazole rings is 1. The molecule has 1 aliphatic rings. The van der Waals surface area contributed by atoms with Crippen LogP contribution < -0.4 is 10.1 Å². The fraction of sp³-hybridized carbons (Fsp3) is 0.296. The van der Waals surface area contributed by atoms with Gasteiger partial charge in [-0.05, 0) is 49.1 Å². The number of ether oxygens (including phenoxy) is 2. The van der Waals surface area contributed by atoms with Crippen LogP contribution in [0, 0.1) is 0 Å². The maximum Gasteiger partial charge on any atom is 0.206 e. The number of para-hydroxylation sites is 2. The van der Waals surface area contributed by atoms with E-state index in [4.69, 9.17) is 14.5 Å². The van der Waals surface area contributed by atoms with E-state index < -0.39 is 0 Å². The van der Waals surface area contributed by atoms with E-state index >= 15 is 0 Å². The summed E-state index contributed by atoms with van der Waals surface area (Å²) < 4.78 is 14.2. The van der Waals surface area contributed by atoms with Crippen LogP contribution in [0.25, 0.3) is 22.2 Å².